The second-order valence-electron chi connectivity index (χ2n) is 4.40. The van der Waals surface area contributed by atoms with Crippen molar-refractivity contribution in [3.05, 3.63) is 59.4 Å². The van der Waals surface area contributed by atoms with Crippen LogP contribution in [0, 0.1) is 5.75 Å². The van der Waals surface area contributed by atoms with Crippen LogP contribution in [0.2, 0.25) is 0 Å². The average molecular weight is 252 g/mol. The molecule has 2 heteroatoms. The Balaban J connectivity index is 0.00000289. The smallest absolute Gasteiger partial charge is 0.219 e. The fraction of sp³-hybridized carbons (Fsp3) is 0.312. The number of allylic oxidation sites excluding steroid dienone is 3. The zero-order valence-electron chi connectivity index (χ0n) is 11.9. The number of hydrogen-bond acceptors (Lipinski definition) is 1. The molecule has 0 heterocycles. The van der Waals surface area contributed by atoms with Gasteiger partial charge in [0.2, 0.25) is 0 Å². The van der Waals surface area contributed by atoms with Crippen LogP contribution in [0.4, 0.5) is 0 Å². The normalized spacial score (nSPS) is 10.5. The first-order valence-electron chi connectivity index (χ1n) is 6.02. The van der Waals surface area contributed by atoms with E-state index in [2.05, 4.69) is 62.9 Å². The Kier molecular flexibility index (Phi) is 10.2. The molecule has 0 N–H and O–H groups in total. The zero-order valence-corrected chi connectivity index (χ0v) is 12.8. The van der Waals surface area contributed by atoms with Gasteiger partial charge in [0.15, 0.2) is 0 Å². The van der Waals surface area contributed by atoms with Gasteiger partial charge in [-0.2, -0.15) is 17.5 Å². The van der Waals surface area contributed by atoms with Crippen molar-refractivity contribution in [3.63, 3.8) is 0 Å². The molecule has 0 atom stereocenters. The van der Waals surface area contributed by atoms with Gasteiger partial charge in [-0.3, -0.25) is 0 Å². The molecule has 0 aliphatic rings. The van der Waals surface area contributed by atoms with Crippen molar-refractivity contribution in [3.8, 4) is 0 Å². The van der Waals surface area contributed by atoms with E-state index < -0.39 is 0 Å². The molecule has 0 bridgehead atoms. The van der Waals surface area contributed by atoms with E-state index in [0.29, 0.717) is 0 Å². The van der Waals surface area contributed by atoms with E-state index in [0.717, 1.165) is 12.8 Å². The van der Waals surface area contributed by atoms with Gasteiger partial charge in [0.05, 0.1) is 0 Å². The van der Waals surface area contributed by atoms with Crippen molar-refractivity contribution in [2.45, 2.75) is 38.5 Å². The summed E-state index contributed by atoms with van der Waals surface area (Å²) in [6.07, 6.45) is 6.81. The summed E-state index contributed by atoms with van der Waals surface area (Å²) in [5.74, 6) is 2.17. The van der Waals surface area contributed by atoms with Gasteiger partial charge >= 0.3 is 18.9 Å². The number of hydrogen-bond donors (Lipinski definition) is 0. The maximum Gasteiger partial charge on any atom is 1.00 e. The van der Waals surface area contributed by atoms with Gasteiger partial charge < -0.3 is 0 Å². The van der Waals surface area contributed by atoms with E-state index >= 15 is 0 Å². The molecule has 0 unspecified atom stereocenters. The fourth-order valence-corrected chi connectivity index (χ4v) is 2.17. The Hall–Kier alpha value is -0.483. The van der Waals surface area contributed by atoms with Gasteiger partial charge in [0, 0.05) is 0 Å². The van der Waals surface area contributed by atoms with Crippen LogP contribution in [-0.4, -0.2) is 0 Å². The Labute approximate surface area is 128 Å². The van der Waals surface area contributed by atoms with Crippen LogP contribution in [-0.2, 0) is 0 Å². The van der Waals surface area contributed by atoms with Crippen molar-refractivity contribution in [2.24, 2.45) is 0 Å². The van der Waals surface area contributed by atoms with Gasteiger partial charge in [-0.25, -0.2) is 11.6 Å². The Morgan fingerprint density at radius 2 is 1.83 bits per heavy atom. The first-order chi connectivity index (χ1) is 8.18. The molecule has 0 nitrogen and oxygen atoms in total. The summed E-state index contributed by atoms with van der Waals surface area (Å²) in [5, 5.41) is 0. The number of benzene rings is 1. The molecule has 1 aromatic rings. The molecule has 1 rings (SSSR count). The third-order valence-electron chi connectivity index (χ3n) is 2.39. The standard InChI is InChI=1S/C16H21S.Li/c1-14(2)8-7-9-15(3)12-13-17-16-10-5-4-6-11-16;/h4-6,8,10-13H,7,9H2,1-3H3;/q-1;+1/b15-12+;. The van der Waals surface area contributed by atoms with Crippen LogP contribution in [0.1, 0.15) is 33.6 Å². The molecule has 92 valence electrons. The third-order valence-corrected chi connectivity index (χ3v) is 3.21. The molecule has 0 aliphatic heterocycles. The topological polar surface area (TPSA) is 0 Å². The van der Waals surface area contributed by atoms with E-state index in [-0.39, 0.29) is 18.9 Å². The van der Waals surface area contributed by atoms with Crippen molar-refractivity contribution >= 4 is 11.8 Å². The van der Waals surface area contributed by atoms with Crippen LogP contribution < -0.4 is 18.9 Å². The van der Waals surface area contributed by atoms with Gasteiger partial charge in [-0.1, -0.05) is 36.3 Å². The van der Waals surface area contributed by atoms with Crippen LogP contribution in [0.5, 0.6) is 0 Å². The van der Waals surface area contributed by atoms with Crippen molar-refractivity contribution in [2.75, 3.05) is 0 Å². The summed E-state index contributed by atoms with van der Waals surface area (Å²) in [7, 11) is 0. The van der Waals surface area contributed by atoms with E-state index in [4.69, 9.17) is 0 Å². The molecule has 0 amide bonds. The summed E-state index contributed by atoms with van der Waals surface area (Å²) in [6, 6.07) is 10.5. The van der Waals surface area contributed by atoms with Gasteiger partial charge in [0.1, 0.15) is 0 Å². The molecule has 0 saturated heterocycles. The summed E-state index contributed by atoms with van der Waals surface area (Å²) >= 11 is 1.77. The molecule has 0 aromatic heterocycles. The third kappa shape index (κ3) is 8.59. The van der Waals surface area contributed by atoms with Crippen molar-refractivity contribution < 1.29 is 18.9 Å². The number of thioether (sulfide) groups is 1. The maximum absolute atomic E-state index is 2.29. The number of rotatable bonds is 6. The Morgan fingerprint density at radius 1 is 1.17 bits per heavy atom. The van der Waals surface area contributed by atoms with E-state index in [1.54, 1.807) is 11.8 Å². The molecule has 18 heavy (non-hydrogen) atoms. The minimum absolute atomic E-state index is 0. The van der Waals surface area contributed by atoms with E-state index in [1.807, 2.05) is 6.07 Å². The van der Waals surface area contributed by atoms with Crippen molar-refractivity contribution in [1.82, 2.24) is 0 Å². The predicted octanol–water partition coefficient (Wildman–Crippen LogP) is 2.64. The second-order valence-corrected chi connectivity index (χ2v) is 5.38. The minimum Gasteiger partial charge on any atom is -0.219 e. The average Bonchev–Trinajstić information content (AvgIpc) is 2.30. The first kappa shape index (κ1) is 17.5. The molecule has 0 saturated carbocycles. The largest absolute Gasteiger partial charge is 1.00 e. The van der Waals surface area contributed by atoms with E-state index in [9.17, 15) is 0 Å². The van der Waals surface area contributed by atoms with Crippen LogP contribution in [0.15, 0.2) is 58.5 Å². The Morgan fingerprint density at radius 3 is 2.44 bits per heavy atom. The molecule has 0 spiro atoms. The first-order valence-corrected chi connectivity index (χ1v) is 6.90. The SMILES string of the molecule is CC(C)=CCC/C(C)=C/[CH-]Sc1ccccc1.[Li+]. The summed E-state index contributed by atoms with van der Waals surface area (Å²) in [4.78, 5) is 1.29. The molecule has 0 fully saturated rings. The second kappa shape index (κ2) is 10.4. The molecule has 1 aromatic carbocycles. The molecule has 0 radical (unpaired) electrons. The van der Waals surface area contributed by atoms with Crippen LogP contribution in [0.25, 0.3) is 0 Å². The summed E-state index contributed by atoms with van der Waals surface area (Å²) < 4.78 is 0. The summed E-state index contributed by atoms with van der Waals surface area (Å²) in [6.45, 7) is 6.49. The minimum atomic E-state index is 0. The molecular weight excluding hydrogens is 231 g/mol. The van der Waals surface area contributed by atoms with Gasteiger partial charge in [-0.15, -0.1) is 6.92 Å². The fourth-order valence-electron chi connectivity index (χ4n) is 1.40. The van der Waals surface area contributed by atoms with Crippen LogP contribution in [0.3, 0.4) is 0 Å². The molecule has 0 aliphatic carbocycles. The van der Waals surface area contributed by atoms with E-state index in [1.165, 1.54) is 16.0 Å². The molecular formula is C16H21LiS. The quantitative estimate of drug-likeness (QED) is 0.325. The Bertz CT molecular complexity index is 375. The zero-order chi connectivity index (χ0) is 12.5. The van der Waals surface area contributed by atoms with Crippen molar-refractivity contribution in [1.29, 1.82) is 0 Å². The monoisotopic (exact) mass is 252 g/mol. The van der Waals surface area contributed by atoms with Crippen LogP contribution >= 0.6 is 11.8 Å². The van der Waals surface area contributed by atoms with Gasteiger partial charge in [0.25, 0.3) is 0 Å². The maximum atomic E-state index is 2.29. The summed E-state index contributed by atoms with van der Waals surface area (Å²) in [5.41, 5.74) is 2.84. The predicted molar refractivity (Wildman–Crippen MR) is 79.0 cm³/mol. The van der Waals surface area contributed by atoms with Gasteiger partial charge in [-0.05, 0) is 37.3 Å².